The molecule has 0 saturated carbocycles. The molecule has 0 unspecified atom stereocenters. The Morgan fingerprint density at radius 1 is 0.706 bits per heavy atom. The summed E-state index contributed by atoms with van der Waals surface area (Å²) in [5.74, 6) is 0. The van der Waals surface area contributed by atoms with Crippen LogP contribution in [0.2, 0.25) is 0 Å². The van der Waals surface area contributed by atoms with Crippen LogP contribution in [0.25, 0.3) is 21.8 Å². The molecule has 10 heteroatoms. The van der Waals surface area contributed by atoms with Crippen LogP contribution in [0.4, 0.5) is 9.59 Å². The Kier molecular flexibility index (Phi) is 5.79. The molecule has 0 bridgehead atoms. The number of benzene rings is 2. The van der Waals surface area contributed by atoms with E-state index in [4.69, 9.17) is 9.47 Å². The van der Waals surface area contributed by atoms with Gasteiger partial charge in [-0.25, -0.2) is 19.0 Å². The summed E-state index contributed by atoms with van der Waals surface area (Å²) >= 11 is 0. The number of carbonyl (C=O) groups excluding carboxylic acids is 2. The number of carbonyl (C=O) groups is 2. The number of hydrogen-bond donors (Lipinski definition) is 0. The fraction of sp³-hybridized carbons (Fsp3) is 0.333. The Labute approximate surface area is 196 Å². The molecular formula is C24H26N6O4. The summed E-state index contributed by atoms with van der Waals surface area (Å²) in [7, 11) is 0. The minimum absolute atomic E-state index is 0.361. The molecule has 2 amide bonds. The monoisotopic (exact) mass is 462 g/mol. The summed E-state index contributed by atoms with van der Waals surface area (Å²) in [6.07, 6.45) is 1.52. The maximum Gasteiger partial charge on any atom is 0.411 e. The second-order valence-corrected chi connectivity index (χ2v) is 8.24. The van der Waals surface area contributed by atoms with Crippen LogP contribution in [0.15, 0.2) is 60.9 Å². The zero-order valence-electron chi connectivity index (χ0n) is 19.1. The number of amides is 2. The van der Waals surface area contributed by atoms with Crippen LogP contribution in [-0.2, 0) is 9.47 Å². The molecule has 34 heavy (non-hydrogen) atoms. The molecule has 1 aliphatic rings. The van der Waals surface area contributed by atoms with Gasteiger partial charge in [0, 0.05) is 37.0 Å². The van der Waals surface area contributed by atoms with Crippen molar-refractivity contribution < 1.29 is 19.1 Å². The van der Waals surface area contributed by atoms with Crippen LogP contribution in [-0.4, -0.2) is 67.7 Å². The number of para-hydroxylation sites is 2. The van der Waals surface area contributed by atoms with Crippen molar-refractivity contribution in [3.05, 3.63) is 60.9 Å². The highest BCUT2D eigenvalue weighted by atomic mass is 16.6. The van der Waals surface area contributed by atoms with Crippen molar-refractivity contribution in [2.24, 2.45) is 0 Å². The van der Waals surface area contributed by atoms with Gasteiger partial charge in [-0.05, 0) is 26.0 Å². The predicted molar refractivity (Wildman–Crippen MR) is 125 cm³/mol. The highest BCUT2D eigenvalue weighted by Crippen LogP contribution is 2.21. The average molecular weight is 463 g/mol. The van der Waals surface area contributed by atoms with Crippen LogP contribution in [0.3, 0.4) is 0 Å². The molecule has 1 aliphatic heterocycles. The quantitative estimate of drug-likeness (QED) is 0.455. The SMILES string of the molecule is C[C@@H](OC(=O)N1CCN(C(=O)O[C@H](C)n2ncc3ccccc32)CC1)n1ncc2ccccc21. The number of aromatic nitrogens is 4. The molecule has 0 aliphatic carbocycles. The van der Waals surface area contributed by atoms with E-state index in [0.717, 1.165) is 21.8 Å². The van der Waals surface area contributed by atoms with Gasteiger partial charge in [0.25, 0.3) is 0 Å². The lowest BCUT2D eigenvalue weighted by Gasteiger charge is -2.34. The van der Waals surface area contributed by atoms with Crippen LogP contribution in [0.1, 0.15) is 26.3 Å². The Hall–Kier alpha value is -4.08. The van der Waals surface area contributed by atoms with E-state index < -0.39 is 24.6 Å². The summed E-state index contributed by atoms with van der Waals surface area (Å²) in [4.78, 5) is 28.6. The zero-order chi connectivity index (χ0) is 23.7. The van der Waals surface area contributed by atoms with Crippen molar-refractivity contribution in [3.8, 4) is 0 Å². The van der Waals surface area contributed by atoms with Gasteiger partial charge in [-0.15, -0.1) is 0 Å². The second kappa shape index (κ2) is 9.05. The molecule has 0 radical (unpaired) electrons. The van der Waals surface area contributed by atoms with Crippen molar-refractivity contribution in [2.75, 3.05) is 26.2 Å². The third kappa shape index (κ3) is 4.14. The lowest BCUT2D eigenvalue weighted by Crippen LogP contribution is -2.51. The maximum atomic E-state index is 12.7. The van der Waals surface area contributed by atoms with Gasteiger partial charge < -0.3 is 19.3 Å². The zero-order valence-corrected chi connectivity index (χ0v) is 19.1. The van der Waals surface area contributed by atoms with E-state index in [9.17, 15) is 9.59 Å². The minimum atomic E-state index is -0.555. The first-order valence-corrected chi connectivity index (χ1v) is 11.3. The van der Waals surface area contributed by atoms with E-state index in [1.54, 1.807) is 45.4 Å². The molecule has 2 aromatic carbocycles. The van der Waals surface area contributed by atoms with Gasteiger partial charge in [0.1, 0.15) is 0 Å². The Morgan fingerprint density at radius 2 is 1.09 bits per heavy atom. The van der Waals surface area contributed by atoms with E-state index >= 15 is 0 Å². The second-order valence-electron chi connectivity index (χ2n) is 8.24. The molecule has 176 valence electrons. The first kappa shape index (κ1) is 21.7. The van der Waals surface area contributed by atoms with Crippen LogP contribution in [0, 0.1) is 0 Å². The van der Waals surface area contributed by atoms with Gasteiger partial charge in [0.05, 0.1) is 23.4 Å². The van der Waals surface area contributed by atoms with E-state index in [2.05, 4.69) is 10.2 Å². The van der Waals surface area contributed by atoms with Crippen molar-refractivity contribution >= 4 is 34.0 Å². The van der Waals surface area contributed by atoms with E-state index in [0.29, 0.717) is 26.2 Å². The summed E-state index contributed by atoms with van der Waals surface area (Å²) in [6, 6.07) is 15.5. The van der Waals surface area contributed by atoms with Gasteiger partial charge in [-0.3, -0.25) is 0 Å². The third-order valence-corrected chi connectivity index (χ3v) is 6.04. The molecule has 2 aromatic heterocycles. The number of ether oxygens (including phenoxy) is 2. The van der Waals surface area contributed by atoms with Crippen molar-refractivity contribution in [3.63, 3.8) is 0 Å². The molecule has 1 fully saturated rings. The molecule has 2 atom stereocenters. The summed E-state index contributed by atoms with van der Waals surface area (Å²) in [5, 5.41) is 10.6. The minimum Gasteiger partial charge on any atom is -0.424 e. The molecule has 10 nitrogen and oxygen atoms in total. The standard InChI is InChI=1S/C24H26N6O4/c1-17(29-21-9-5-3-7-19(21)15-25-29)33-23(31)27-11-13-28(14-12-27)24(32)34-18(2)30-22-10-6-4-8-20(22)16-26-30/h3-10,15-18H,11-14H2,1-2H3/t17-,18-/m1/s1. The van der Waals surface area contributed by atoms with E-state index in [1.165, 1.54) is 0 Å². The first-order valence-electron chi connectivity index (χ1n) is 11.3. The largest absolute Gasteiger partial charge is 0.424 e. The molecule has 0 spiro atoms. The highest BCUT2D eigenvalue weighted by Gasteiger charge is 2.28. The maximum absolute atomic E-state index is 12.7. The van der Waals surface area contributed by atoms with Crippen LogP contribution in [0.5, 0.6) is 0 Å². The number of piperazine rings is 1. The number of nitrogens with zero attached hydrogens (tertiary/aromatic N) is 6. The molecule has 0 N–H and O–H groups in total. The fourth-order valence-corrected chi connectivity index (χ4v) is 4.18. The van der Waals surface area contributed by atoms with Crippen molar-refractivity contribution in [1.29, 1.82) is 0 Å². The summed E-state index contributed by atoms with van der Waals surface area (Å²) in [5.41, 5.74) is 1.80. The third-order valence-electron chi connectivity index (χ3n) is 6.04. The molecule has 1 saturated heterocycles. The van der Waals surface area contributed by atoms with Gasteiger partial charge in [-0.1, -0.05) is 36.4 Å². The normalized spacial score (nSPS) is 15.9. The van der Waals surface area contributed by atoms with Gasteiger partial charge >= 0.3 is 12.2 Å². The van der Waals surface area contributed by atoms with Gasteiger partial charge in [0.2, 0.25) is 0 Å². The average Bonchev–Trinajstić information content (AvgIpc) is 3.48. The highest BCUT2D eigenvalue weighted by molar-refractivity contribution is 5.79. The molecule has 5 rings (SSSR count). The summed E-state index contributed by atoms with van der Waals surface area (Å²) < 4.78 is 14.6. The lowest BCUT2D eigenvalue weighted by atomic mass is 10.2. The summed E-state index contributed by atoms with van der Waals surface area (Å²) in [6.45, 7) is 5.01. The van der Waals surface area contributed by atoms with E-state index in [-0.39, 0.29) is 0 Å². The number of rotatable bonds is 4. The predicted octanol–water partition coefficient (Wildman–Crippen LogP) is 4.01. The molecule has 3 heterocycles. The number of hydrogen-bond acceptors (Lipinski definition) is 6. The molecular weight excluding hydrogens is 436 g/mol. The molecule has 4 aromatic rings. The van der Waals surface area contributed by atoms with Gasteiger partial charge in [-0.2, -0.15) is 10.2 Å². The Bertz CT molecular complexity index is 1220. The smallest absolute Gasteiger partial charge is 0.411 e. The fourth-order valence-electron chi connectivity index (χ4n) is 4.18. The first-order chi connectivity index (χ1) is 16.5. The van der Waals surface area contributed by atoms with Crippen LogP contribution >= 0.6 is 0 Å². The number of fused-ring (bicyclic) bond motifs is 2. The Morgan fingerprint density at radius 3 is 1.50 bits per heavy atom. The van der Waals surface area contributed by atoms with E-state index in [1.807, 2.05) is 48.5 Å². The topological polar surface area (TPSA) is 94.7 Å². The Balaban J connectivity index is 1.14. The lowest BCUT2D eigenvalue weighted by molar-refractivity contribution is 0.00767. The van der Waals surface area contributed by atoms with Crippen molar-refractivity contribution in [2.45, 2.75) is 26.3 Å². The van der Waals surface area contributed by atoms with Crippen molar-refractivity contribution in [1.82, 2.24) is 29.4 Å². The van der Waals surface area contributed by atoms with Gasteiger partial charge in [0.15, 0.2) is 12.5 Å². The van der Waals surface area contributed by atoms with Crippen LogP contribution < -0.4 is 0 Å².